The zero-order chi connectivity index (χ0) is 20.4. The fourth-order valence-corrected chi connectivity index (χ4v) is 3.71. The van der Waals surface area contributed by atoms with Crippen LogP contribution in [0.2, 0.25) is 0 Å². The van der Waals surface area contributed by atoms with Crippen molar-refractivity contribution in [2.45, 2.75) is 65.6 Å². The van der Waals surface area contributed by atoms with Crippen LogP contribution in [0.4, 0.5) is 22.0 Å². The summed E-state index contributed by atoms with van der Waals surface area (Å²) < 4.78 is 16.1. The van der Waals surface area contributed by atoms with E-state index >= 15 is 0 Å². The molecule has 8 heteroatoms. The molecule has 3 N–H and O–H groups in total. The van der Waals surface area contributed by atoms with Crippen LogP contribution in [0.3, 0.4) is 0 Å². The van der Waals surface area contributed by atoms with E-state index in [4.69, 9.17) is 4.98 Å². The van der Waals surface area contributed by atoms with E-state index < -0.39 is 0 Å². The fraction of sp³-hybridized carbons (Fsp3) is 0.500. The van der Waals surface area contributed by atoms with Crippen LogP contribution in [0.25, 0.3) is 11.2 Å². The Morgan fingerprint density at radius 2 is 1.90 bits per heavy atom. The number of anilines is 3. The van der Waals surface area contributed by atoms with E-state index in [9.17, 15) is 9.50 Å². The van der Waals surface area contributed by atoms with E-state index in [-0.39, 0.29) is 25.4 Å². The molecular formula is C22H31FN6O. The molecule has 4 rings (SSSR count). The van der Waals surface area contributed by atoms with Crippen LogP contribution in [-0.2, 0) is 6.54 Å². The largest absolute Gasteiger partial charge is 0.393 e. The lowest BCUT2D eigenvalue weighted by molar-refractivity contribution is 0.126. The average molecular weight is 415 g/mol. The van der Waals surface area contributed by atoms with E-state index in [1.165, 1.54) is 6.07 Å². The summed E-state index contributed by atoms with van der Waals surface area (Å²) in [5.41, 5.74) is 1.75. The predicted octanol–water partition coefficient (Wildman–Crippen LogP) is 4.72. The van der Waals surface area contributed by atoms with Crippen LogP contribution in [-0.4, -0.2) is 36.8 Å². The monoisotopic (exact) mass is 414 g/mol. The SMILES string of the molecule is C.CC(C)Cn1c(Nc2ccccc2F)nc2cnc(NC3CCC(O)CC3)nc21. The highest BCUT2D eigenvalue weighted by molar-refractivity contribution is 5.76. The number of aliphatic hydroxyl groups is 1. The highest BCUT2D eigenvalue weighted by Gasteiger charge is 2.21. The quantitative estimate of drug-likeness (QED) is 0.541. The molecule has 0 aliphatic heterocycles. The zero-order valence-electron chi connectivity index (χ0n) is 16.8. The lowest BCUT2D eigenvalue weighted by Gasteiger charge is -2.26. The maximum atomic E-state index is 14.1. The number of benzene rings is 1. The van der Waals surface area contributed by atoms with Crippen LogP contribution in [0.1, 0.15) is 47.0 Å². The van der Waals surface area contributed by atoms with Crippen LogP contribution in [0.15, 0.2) is 30.5 Å². The number of nitrogens with zero attached hydrogens (tertiary/aromatic N) is 4. The molecule has 162 valence electrons. The molecule has 30 heavy (non-hydrogen) atoms. The molecule has 0 bridgehead atoms. The van der Waals surface area contributed by atoms with Gasteiger partial charge in [0.15, 0.2) is 5.65 Å². The van der Waals surface area contributed by atoms with Gasteiger partial charge >= 0.3 is 0 Å². The van der Waals surface area contributed by atoms with E-state index in [2.05, 4.69) is 34.4 Å². The Morgan fingerprint density at radius 1 is 1.17 bits per heavy atom. The third kappa shape index (κ3) is 4.87. The molecule has 2 aromatic heterocycles. The van der Waals surface area contributed by atoms with E-state index in [1.54, 1.807) is 24.4 Å². The molecule has 0 atom stereocenters. The molecule has 2 heterocycles. The molecule has 0 saturated heterocycles. The minimum Gasteiger partial charge on any atom is -0.393 e. The number of fused-ring (bicyclic) bond motifs is 1. The van der Waals surface area contributed by atoms with Gasteiger partial charge in [0.05, 0.1) is 18.0 Å². The summed E-state index contributed by atoms with van der Waals surface area (Å²) in [6, 6.07) is 6.80. The molecule has 1 aromatic carbocycles. The van der Waals surface area contributed by atoms with Crippen molar-refractivity contribution in [3.05, 3.63) is 36.3 Å². The van der Waals surface area contributed by atoms with Gasteiger partial charge in [0.2, 0.25) is 11.9 Å². The van der Waals surface area contributed by atoms with Gasteiger partial charge in [-0.2, -0.15) is 4.98 Å². The summed E-state index contributed by atoms with van der Waals surface area (Å²) in [6.45, 7) is 4.93. The summed E-state index contributed by atoms with van der Waals surface area (Å²) in [7, 11) is 0. The van der Waals surface area contributed by atoms with Crippen molar-refractivity contribution < 1.29 is 9.50 Å². The highest BCUT2D eigenvalue weighted by atomic mass is 19.1. The van der Waals surface area contributed by atoms with Gasteiger partial charge in [-0.3, -0.25) is 4.57 Å². The molecule has 0 unspecified atom stereocenters. The molecule has 1 aliphatic rings. The molecule has 1 saturated carbocycles. The Labute approximate surface area is 176 Å². The second-order valence-electron chi connectivity index (χ2n) is 8.10. The topological polar surface area (TPSA) is 87.9 Å². The highest BCUT2D eigenvalue weighted by Crippen LogP contribution is 2.26. The van der Waals surface area contributed by atoms with Crippen molar-refractivity contribution in [1.82, 2.24) is 19.5 Å². The first kappa shape index (κ1) is 22.0. The second-order valence-corrected chi connectivity index (χ2v) is 8.10. The lowest BCUT2D eigenvalue weighted by atomic mass is 9.93. The molecule has 1 aliphatic carbocycles. The van der Waals surface area contributed by atoms with Gasteiger partial charge in [-0.05, 0) is 43.7 Å². The number of para-hydroxylation sites is 1. The first-order valence-electron chi connectivity index (χ1n) is 10.2. The second kappa shape index (κ2) is 9.38. The molecule has 1 fully saturated rings. The summed E-state index contributed by atoms with van der Waals surface area (Å²) in [5.74, 6) is 1.13. The van der Waals surface area contributed by atoms with Gasteiger partial charge in [0, 0.05) is 12.6 Å². The summed E-state index contributed by atoms with van der Waals surface area (Å²) in [6.07, 6.45) is 4.88. The fourth-order valence-electron chi connectivity index (χ4n) is 3.71. The predicted molar refractivity (Wildman–Crippen MR) is 118 cm³/mol. The van der Waals surface area contributed by atoms with Crippen molar-refractivity contribution in [1.29, 1.82) is 0 Å². The Kier molecular flexibility index (Phi) is 6.87. The Balaban J connectivity index is 0.00000256. The van der Waals surface area contributed by atoms with E-state index in [0.29, 0.717) is 41.2 Å². The number of hydrogen-bond donors (Lipinski definition) is 3. The van der Waals surface area contributed by atoms with Gasteiger partial charge in [-0.15, -0.1) is 0 Å². The summed E-state index contributed by atoms with van der Waals surface area (Å²) in [5, 5.41) is 16.2. The smallest absolute Gasteiger partial charge is 0.224 e. The first-order chi connectivity index (χ1) is 14.0. The van der Waals surface area contributed by atoms with Crippen LogP contribution in [0.5, 0.6) is 0 Å². The molecular weight excluding hydrogens is 383 g/mol. The Bertz CT molecular complexity index is 981. The van der Waals surface area contributed by atoms with Crippen LogP contribution >= 0.6 is 0 Å². The zero-order valence-corrected chi connectivity index (χ0v) is 16.8. The number of nitrogens with one attached hydrogen (secondary N) is 2. The number of imidazole rings is 1. The standard InChI is InChI=1S/C21H27FN6O.CH4/c1-13(2)12-28-19-18(26-21(28)25-17-6-4-3-5-16(17)22)11-23-20(27-19)24-14-7-9-15(29)10-8-14;/h3-6,11,13-15,29H,7-10,12H2,1-2H3,(H,25,26)(H,23,24,27);1H4. The van der Waals surface area contributed by atoms with Gasteiger partial charge in [-0.1, -0.05) is 33.4 Å². The summed E-state index contributed by atoms with van der Waals surface area (Å²) >= 11 is 0. The number of rotatable bonds is 6. The van der Waals surface area contributed by atoms with Gasteiger partial charge in [0.1, 0.15) is 11.3 Å². The first-order valence-corrected chi connectivity index (χ1v) is 10.2. The number of halogens is 1. The molecule has 0 amide bonds. The number of hydrogen-bond acceptors (Lipinski definition) is 6. The van der Waals surface area contributed by atoms with Crippen molar-refractivity contribution in [2.24, 2.45) is 5.92 Å². The van der Waals surface area contributed by atoms with Crippen LogP contribution in [0, 0.1) is 11.7 Å². The van der Waals surface area contributed by atoms with E-state index in [1.807, 2.05) is 4.57 Å². The molecule has 0 radical (unpaired) electrons. The minimum absolute atomic E-state index is 0. The lowest BCUT2D eigenvalue weighted by Crippen LogP contribution is -2.28. The normalized spacial score (nSPS) is 19.0. The Morgan fingerprint density at radius 3 is 2.60 bits per heavy atom. The number of aliphatic hydroxyl groups excluding tert-OH is 1. The third-order valence-corrected chi connectivity index (χ3v) is 5.19. The van der Waals surface area contributed by atoms with Crippen molar-refractivity contribution in [3.63, 3.8) is 0 Å². The maximum Gasteiger partial charge on any atom is 0.224 e. The minimum atomic E-state index is -0.330. The van der Waals surface area contributed by atoms with Crippen molar-refractivity contribution >= 4 is 28.7 Å². The molecule has 3 aromatic rings. The average Bonchev–Trinajstić information content (AvgIpc) is 3.02. The Hall–Kier alpha value is -2.74. The van der Waals surface area contributed by atoms with Gasteiger partial charge < -0.3 is 15.7 Å². The maximum absolute atomic E-state index is 14.1. The van der Waals surface area contributed by atoms with Crippen LogP contribution < -0.4 is 10.6 Å². The van der Waals surface area contributed by atoms with Gasteiger partial charge in [0.25, 0.3) is 0 Å². The van der Waals surface area contributed by atoms with E-state index in [0.717, 1.165) is 25.7 Å². The van der Waals surface area contributed by atoms with Gasteiger partial charge in [-0.25, -0.2) is 14.4 Å². The van der Waals surface area contributed by atoms with Crippen molar-refractivity contribution in [2.75, 3.05) is 10.6 Å². The molecule has 7 nitrogen and oxygen atoms in total. The van der Waals surface area contributed by atoms with Crippen molar-refractivity contribution in [3.8, 4) is 0 Å². The number of aromatic nitrogens is 4. The third-order valence-electron chi connectivity index (χ3n) is 5.19. The summed E-state index contributed by atoms with van der Waals surface area (Å²) in [4.78, 5) is 13.7. The molecule has 0 spiro atoms.